The normalized spacial score (nSPS) is 10.8. The van der Waals surface area contributed by atoms with E-state index in [1.54, 1.807) is 11.0 Å². The third kappa shape index (κ3) is 3.29. The molecule has 0 radical (unpaired) electrons. The number of hydrogen-bond donors (Lipinski definition) is 0. The Hall–Kier alpha value is -3.19. The number of fused-ring (bicyclic) bond motifs is 1. The molecular weight excluding hydrogens is 351 g/mol. The summed E-state index contributed by atoms with van der Waals surface area (Å²) in [6.45, 7) is 0.332. The van der Waals surface area contributed by atoms with Gasteiger partial charge < -0.3 is 0 Å². The Morgan fingerprint density at radius 2 is 1.96 bits per heavy atom. The molecule has 0 fully saturated rings. The number of anilines is 1. The molecule has 0 aliphatic heterocycles. The van der Waals surface area contributed by atoms with Gasteiger partial charge >= 0.3 is 0 Å². The molecule has 0 spiro atoms. The number of carbonyl (C=O) groups excluding carboxylic acids is 1. The lowest BCUT2D eigenvalue weighted by Gasteiger charge is -2.19. The van der Waals surface area contributed by atoms with Gasteiger partial charge in [0.05, 0.1) is 23.0 Å². The van der Waals surface area contributed by atoms with Crippen molar-refractivity contribution in [3.05, 3.63) is 84.2 Å². The van der Waals surface area contributed by atoms with Crippen LogP contribution in [0.25, 0.3) is 10.2 Å². The molecule has 0 aliphatic rings. The number of thiazole rings is 1. The van der Waals surface area contributed by atoms with E-state index in [9.17, 15) is 9.18 Å². The lowest BCUT2D eigenvalue weighted by atomic mass is 10.2. The molecule has 0 bridgehead atoms. The first kappa shape index (κ1) is 16.3. The van der Waals surface area contributed by atoms with E-state index in [1.807, 2.05) is 30.3 Å². The van der Waals surface area contributed by atoms with Crippen LogP contribution in [0.15, 0.2) is 67.1 Å². The molecule has 0 atom stereocenters. The topological polar surface area (TPSA) is 59.0 Å². The first-order chi connectivity index (χ1) is 12.7. The molecule has 4 rings (SSSR count). The second-order valence-electron chi connectivity index (χ2n) is 5.58. The van der Waals surface area contributed by atoms with E-state index in [2.05, 4.69) is 15.0 Å². The number of benzene rings is 2. The molecule has 5 nitrogen and oxygen atoms in total. The summed E-state index contributed by atoms with van der Waals surface area (Å²) in [5.41, 5.74) is 1.83. The van der Waals surface area contributed by atoms with Crippen molar-refractivity contribution >= 4 is 32.6 Å². The molecule has 2 heterocycles. The van der Waals surface area contributed by atoms with Crippen LogP contribution in [0.1, 0.15) is 16.1 Å². The quantitative estimate of drug-likeness (QED) is 0.548. The van der Waals surface area contributed by atoms with E-state index >= 15 is 0 Å². The molecule has 0 saturated carbocycles. The molecule has 0 aliphatic carbocycles. The smallest absolute Gasteiger partial charge is 0.278 e. The van der Waals surface area contributed by atoms with Gasteiger partial charge in [-0.25, -0.2) is 14.4 Å². The number of hydrogen-bond acceptors (Lipinski definition) is 5. The molecule has 26 heavy (non-hydrogen) atoms. The van der Waals surface area contributed by atoms with Gasteiger partial charge in [0, 0.05) is 12.4 Å². The minimum atomic E-state index is -0.331. The van der Waals surface area contributed by atoms with Gasteiger partial charge in [-0.3, -0.25) is 14.7 Å². The van der Waals surface area contributed by atoms with Crippen molar-refractivity contribution in [2.75, 3.05) is 4.90 Å². The van der Waals surface area contributed by atoms with Gasteiger partial charge in [-0.1, -0.05) is 41.7 Å². The van der Waals surface area contributed by atoms with Crippen molar-refractivity contribution in [2.24, 2.45) is 0 Å². The highest BCUT2D eigenvalue weighted by atomic mass is 32.1. The molecule has 7 heteroatoms. The van der Waals surface area contributed by atoms with Gasteiger partial charge in [-0.05, 0) is 23.8 Å². The van der Waals surface area contributed by atoms with Crippen LogP contribution in [0.2, 0.25) is 0 Å². The molecule has 1 amide bonds. The summed E-state index contributed by atoms with van der Waals surface area (Å²) in [6, 6.07) is 14.0. The summed E-state index contributed by atoms with van der Waals surface area (Å²) in [4.78, 5) is 27.1. The molecular formula is C19H13FN4OS. The summed E-state index contributed by atoms with van der Waals surface area (Å²) in [5, 5.41) is 0.491. The van der Waals surface area contributed by atoms with E-state index in [0.29, 0.717) is 21.9 Å². The number of rotatable bonds is 4. The standard InChI is InChI=1S/C19H13FN4OS/c20-14-6-7-15-17(10-14)26-19(23-15)24(12-13-4-2-1-3-5-13)18(25)16-11-21-8-9-22-16/h1-11H,12H2. The molecule has 4 aromatic rings. The largest absolute Gasteiger partial charge is 0.280 e. The Morgan fingerprint density at radius 1 is 1.12 bits per heavy atom. The van der Waals surface area contributed by atoms with Crippen LogP contribution in [0.5, 0.6) is 0 Å². The maximum absolute atomic E-state index is 13.5. The van der Waals surface area contributed by atoms with Crippen LogP contribution in [0.3, 0.4) is 0 Å². The summed E-state index contributed by atoms with van der Waals surface area (Å²) >= 11 is 1.27. The van der Waals surface area contributed by atoms with Gasteiger partial charge in [0.25, 0.3) is 5.91 Å². The fraction of sp³-hybridized carbons (Fsp3) is 0.0526. The number of amides is 1. The van der Waals surface area contributed by atoms with Gasteiger partial charge in [-0.2, -0.15) is 0 Å². The van der Waals surface area contributed by atoms with Crippen LogP contribution in [0, 0.1) is 5.82 Å². The number of nitrogens with zero attached hydrogens (tertiary/aromatic N) is 4. The van der Waals surface area contributed by atoms with Crippen molar-refractivity contribution in [1.29, 1.82) is 0 Å². The van der Waals surface area contributed by atoms with Crippen molar-refractivity contribution in [3.8, 4) is 0 Å². The Balaban J connectivity index is 1.77. The average Bonchev–Trinajstić information content (AvgIpc) is 3.10. The van der Waals surface area contributed by atoms with E-state index < -0.39 is 0 Å². The summed E-state index contributed by atoms with van der Waals surface area (Å²) in [6.07, 6.45) is 4.41. The summed E-state index contributed by atoms with van der Waals surface area (Å²) in [7, 11) is 0. The van der Waals surface area contributed by atoms with Gasteiger partial charge in [-0.15, -0.1) is 0 Å². The lowest BCUT2D eigenvalue weighted by molar-refractivity contribution is 0.0980. The van der Waals surface area contributed by atoms with Gasteiger partial charge in [0.1, 0.15) is 11.5 Å². The zero-order valence-electron chi connectivity index (χ0n) is 13.5. The second-order valence-corrected chi connectivity index (χ2v) is 6.59. The van der Waals surface area contributed by atoms with Crippen molar-refractivity contribution in [3.63, 3.8) is 0 Å². The van der Waals surface area contributed by atoms with E-state index in [0.717, 1.165) is 5.56 Å². The van der Waals surface area contributed by atoms with Crippen molar-refractivity contribution < 1.29 is 9.18 Å². The first-order valence-corrected chi connectivity index (χ1v) is 8.70. The molecule has 0 saturated heterocycles. The van der Waals surface area contributed by atoms with E-state index in [1.165, 1.54) is 42.1 Å². The molecule has 2 aromatic carbocycles. The Morgan fingerprint density at radius 3 is 2.73 bits per heavy atom. The maximum atomic E-state index is 13.5. The number of halogens is 1. The molecule has 0 N–H and O–H groups in total. The minimum Gasteiger partial charge on any atom is -0.278 e. The fourth-order valence-corrected chi connectivity index (χ4v) is 3.53. The zero-order chi connectivity index (χ0) is 17.9. The predicted octanol–water partition coefficient (Wildman–Crippen LogP) is 4.07. The minimum absolute atomic E-state index is 0.230. The van der Waals surface area contributed by atoms with Crippen LogP contribution in [-0.2, 0) is 6.54 Å². The Bertz CT molecular complexity index is 1050. The fourth-order valence-electron chi connectivity index (χ4n) is 2.54. The van der Waals surface area contributed by atoms with Gasteiger partial charge in [0.2, 0.25) is 0 Å². The number of carbonyl (C=O) groups is 1. The van der Waals surface area contributed by atoms with Crippen LogP contribution in [-0.4, -0.2) is 20.9 Å². The first-order valence-electron chi connectivity index (χ1n) is 7.88. The summed E-state index contributed by atoms with van der Waals surface area (Å²) < 4.78 is 14.2. The zero-order valence-corrected chi connectivity index (χ0v) is 14.4. The Kier molecular flexibility index (Phi) is 4.37. The van der Waals surface area contributed by atoms with Crippen LogP contribution < -0.4 is 4.90 Å². The molecule has 0 unspecified atom stereocenters. The molecule has 128 valence electrons. The monoisotopic (exact) mass is 364 g/mol. The molecule has 2 aromatic heterocycles. The highest BCUT2D eigenvalue weighted by Crippen LogP contribution is 2.31. The predicted molar refractivity (Wildman–Crippen MR) is 98.6 cm³/mol. The average molecular weight is 364 g/mol. The Labute approximate surface area is 152 Å². The van der Waals surface area contributed by atoms with Crippen LogP contribution >= 0.6 is 11.3 Å². The van der Waals surface area contributed by atoms with Crippen LogP contribution in [0.4, 0.5) is 9.52 Å². The number of aromatic nitrogens is 3. The van der Waals surface area contributed by atoms with Crippen molar-refractivity contribution in [1.82, 2.24) is 15.0 Å². The lowest BCUT2D eigenvalue weighted by Crippen LogP contribution is -2.31. The highest BCUT2D eigenvalue weighted by Gasteiger charge is 2.23. The maximum Gasteiger partial charge on any atom is 0.280 e. The highest BCUT2D eigenvalue weighted by molar-refractivity contribution is 7.22. The van der Waals surface area contributed by atoms with E-state index in [4.69, 9.17) is 0 Å². The second kappa shape index (κ2) is 6.97. The van der Waals surface area contributed by atoms with Gasteiger partial charge in [0.15, 0.2) is 5.13 Å². The van der Waals surface area contributed by atoms with Crippen molar-refractivity contribution in [2.45, 2.75) is 6.54 Å². The summed E-state index contributed by atoms with van der Waals surface area (Å²) in [5.74, 6) is -0.635. The SMILES string of the molecule is O=C(c1cnccn1)N(Cc1ccccc1)c1nc2ccc(F)cc2s1. The third-order valence-electron chi connectivity index (χ3n) is 3.78. The van der Waals surface area contributed by atoms with E-state index in [-0.39, 0.29) is 17.4 Å². The third-order valence-corrected chi connectivity index (χ3v) is 4.82.